The van der Waals surface area contributed by atoms with Crippen LogP contribution in [0.1, 0.15) is 25.1 Å². The van der Waals surface area contributed by atoms with Gasteiger partial charge in [-0.2, -0.15) is 4.31 Å². The molecular weight excluding hydrogens is 355 g/mol. The summed E-state index contributed by atoms with van der Waals surface area (Å²) in [6, 6.07) is 8.90. The number of rotatable bonds is 4. The molecule has 4 rings (SSSR count). The van der Waals surface area contributed by atoms with Gasteiger partial charge in [-0.05, 0) is 43.7 Å². The van der Waals surface area contributed by atoms with E-state index in [1.54, 1.807) is 6.20 Å². The maximum absolute atomic E-state index is 13.4. The van der Waals surface area contributed by atoms with Crippen molar-refractivity contribution >= 4 is 21.2 Å². The van der Waals surface area contributed by atoms with Gasteiger partial charge in [0.25, 0.3) is 0 Å². The molecule has 0 radical (unpaired) electrons. The van der Waals surface area contributed by atoms with Gasteiger partial charge < -0.3 is 4.57 Å². The van der Waals surface area contributed by atoms with Crippen molar-refractivity contribution in [2.24, 2.45) is 0 Å². The topological polar surface area (TPSA) is 68.1 Å². The molecule has 6 nitrogen and oxygen atoms in total. The molecule has 1 atom stereocenters. The zero-order valence-electron chi connectivity index (χ0n) is 14.3. The Morgan fingerprint density at radius 1 is 1.27 bits per heavy atom. The van der Waals surface area contributed by atoms with Crippen LogP contribution in [0.2, 0.25) is 0 Å². The van der Waals surface area contributed by atoms with Crippen molar-refractivity contribution in [1.29, 1.82) is 0 Å². The van der Waals surface area contributed by atoms with Gasteiger partial charge in [0.1, 0.15) is 17.2 Å². The van der Waals surface area contributed by atoms with Gasteiger partial charge >= 0.3 is 0 Å². The largest absolute Gasteiger partial charge is 0.313 e. The highest BCUT2D eigenvalue weighted by molar-refractivity contribution is 7.89. The molecule has 0 saturated carbocycles. The normalized spacial score (nSPS) is 18.6. The summed E-state index contributed by atoms with van der Waals surface area (Å²) in [6.45, 7) is 3.47. The summed E-state index contributed by atoms with van der Waals surface area (Å²) >= 11 is 0. The maximum Gasteiger partial charge on any atom is 0.243 e. The van der Waals surface area contributed by atoms with E-state index < -0.39 is 15.8 Å². The number of aromatic nitrogens is 3. The lowest BCUT2D eigenvalue weighted by atomic mass is 10.1. The van der Waals surface area contributed by atoms with E-state index >= 15 is 0 Å². The van der Waals surface area contributed by atoms with E-state index in [1.807, 2.05) is 23.6 Å². The molecule has 3 heterocycles. The minimum atomic E-state index is -3.71. The number of nitrogens with zero attached hydrogens (tertiary/aromatic N) is 4. The predicted octanol–water partition coefficient (Wildman–Crippen LogP) is 2.77. The number of sulfonamides is 1. The van der Waals surface area contributed by atoms with Crippen molar-refractivity contribution in [3.63, 3.8) is 0 Å². The van der Waals surface area contributed by atoms with Crippen LogP contribution in [0.3, 0.4) is 0 Å². The van der Waals surface area contributed by atoms with Crippen LogP contribution in [-0.4, -0.2) is 40.3 Å². The van der Waals surface area contributed by atoms with Crippen molar-refractivity contribution in [3.05, 3.63) is 54.2 Å². The summed E-state index contributed by atoms with van der Waals surface area (Å²) in [5, 5.41) is 0. The third kappa shape index (κ3) is 2.79. The highest BCUT2D eigenvalue weighted by Gasteiger charge is 2.35. The van der Waals surface area contributed by atoms with Gasteiger partial charge in [0, 0.05) is 31.7 Å². The van der Waals surface area contributed by atoms with Gasteiger partial charge in [-0.15, -0.1) is 0 Å². The fourth-order valence-corrected chi connectivity index (χ4v) is 5.07. The van der Waals surface area contributed by atoms with E-state index in [-0.39, 0.29) is 10.8 Å². The van der Waals surface area contributed by atoms with Crippen LogP contribution in [0.25, 0.3) is 11.2 Å². The van der Waals surface area contributed by atoms with Crippen LogP contribution in [0.15, 0.2) is 47.5 Å². The highest BCUT2D eigenvalue weighted by Crippen LogP contribution is 2.32. The molecule has 2 aromatic heterocycles. The molecule has 1 fully saturated rings. The van der Waals surface area contributed by atoms with Gasteiger partial charge in [0.15, 0.2) is 5.65 Å². The molecule has 0 amide bonds. The number of pyridine rings is 1. The predicted molar refractivity (Wildman–Crippen MR) is 95.7 cm³/mol. The summed E-state index contributed by atoms with van der Waals surface area (Å²) in [5.74, 6) is 0.297. The summed E-state index contributed by atoms with van der Waals surface area (Å²) in [4.78, 5) is 9.07. The second kappa shape index (κ2) is 6.44. The van der Waals surface area contributed by atoms with Crippen LogP contribution in [0.5, 0.6) is 0 Å². The molecule has 0 spiro atoms. The summed E-state index contributed by atoms with van der Waals surface area (Å²) in [6.07, 6.45) is 2.41. The number of benzene rings is 1. The monoisotopic (exact) mass is 374 g/mol. The maximum atomic E-state index is 13.4. The van der Waals surface area contributed by atoms with Crippen LogP contribution in [-0.2, 0) is 16.6 Å². The first-order valence-electron chi connectivity index (χ1n) is 8.57. The quantitative estimate of drug-likeness (QED) is 0.704. The van der Waals surface area contributed by atoms with E-state index in [2.05, 4.69) is 9.97 Å². The number of imidazole rings is 1. The zero-order chi connectivity index (χ0) is 18.3. The molecule has 136 valence electrons. The molecule has 26 heavy (non-hydrogen) atoms. The third-order valence-corrected chi connectivity index (χ3v) is 6.66. The first kappa shape index (κ1) is 17.1. The van der Waals surface area contributed by atoms with Crippen molar-refractivity contribution in [2.75, 3.05) is 13.1 Å². The minimum Gasteiger partial charge on any atom is -0.313 e. The molecule has 0 unspecified atom stereocenters. The number of hydrogen-bond acceptors (Lipinski definition) is 4. The first-order valence-corrected chi connectivity index (χ1v) is 10.0. The Hall–Kier alpha value is -2.32. The van der Waals surface area contributed by atoms with Crippen molar-refractivity contribution < 1.29 is 12.8 Å². The SMILES string of the molecule is CCn1c([C@H]2CCN(S(=O)(=O)c3cccc(F)c3)C2)nc2cccnc21. The van der Waals surface area contributed by atoms with E-state index in [4.69, 9.17) is 0 Å². The second-order valence-electron chi connectivity index (χ2n) is 6.37. The van der Waals surface area contributed by atoms with Crippen molar-refractivity contribution in [3.8, 4) is 0 Å². The fraction of sp³-hybridized carbons (Fsp3) is 0.333. The second-order valence-corrected chi connectivity index (χ2v) is 8.30. The Labute approximate surface area is 151 Å². The Balaban J connectivity index is 1.65. The lowest BCUT2D eigenvalue weighted by Crippen LogP contribution is -2.29. The lowest BCUT2D eigenvalue weighted by molar-refractivity contribution is 0.468. The zero-order valence-corrected chi connectivity index (χ0v) is 15.2. The molecule has 1 aliphatic rings. The Morgan fingerprint density at radius 3 is 2.88 bits per heavy atom. The van der Waals surface area contributed by atoms with Gasteiger partial charge in [0.05, 0.1) is 4.90 Å². The Kier molecular flexibility index (Phi) is 4.24. The summed E-state index contributed by atoms with van der Waals surface area (Å²) in [5.41, 5.74) is 1.63. The average molecular weight is 374 g/mol. The third-order valence-electron chi connectivity index (χ3n) is 4.80. The first-order chi connectivity index (χ1) is 12.5. The van der Waals surface area contributed by atoms with E-state index in [9.17, 15) is 12.8 Å². The van der Waals surface area contributed by atoms with E-state index in [0.29, 0.717) is 19.5 Å². The highest BCUT2D eigenvalue weighted by atomic mass is 32.2. The Morgan fingerprint density at radius 2 is 2.12 bits per heavy atom. The number of aryl methyl sites for hydroxylation is 1. The average Bonchev–Trinajstić information content (AvgIpc) is 3.26. The molecule has 0 N–H and O–H groups in total. The van der Waals surface area contributed by atoms with Crippen molar-refractivity contribution in [1.82, 2.24) is 18.8 Å². The number of fused-ring (bicyclic) bond motifs is 1. The molecule has 3 aromatic rings. The molecule has 1 saturated heterocycles. The number of halogens is 1. The molecule has 8 heteroatoms. The van der Waals surface area contributed by atoms with Crippen LogP contribution < -0.4 is 0 Å². The van der Waals surface area contributed by atoms with Gasteiger partial charge in [-0.3, -0.25) is 0 Å². The number of hydrogen-bond donors (Lipinski definition) is 0. The molecule has 0 bridgehead atoms. The molecule has 1 aliphatic heterocycles. The standard InChI is InChI=1S/C18H19FN4O2S/c1-2-23-17(21-16-7-4-9-20-18(16)23)13-8-10-22(12-13)26(24,25)15-6-3-5-14(19)11-15/h3-7,9,11,13H,2,8,10,12H2,1H3/t13-/m0/s1. The van der Waals surface area contributed by atoms with Crippen LogP contribution in [0, 0.1) is 5.82 Å². The fourth-order valence-electron chi connectivity index (χ4n) is 3.53. The van der Waals surface area contributed by atoms with E-state index in [1.165, 1.54) is 22.5 Å². The van der Waals surface area contributed by atoms with Crippen LogP contribution in [0.4, 0.5) is 4.39 Å². The van der Waals surface area contributed by atoms with Gasteiger partial charge in [-0.25, -0.2) is 22.8 Å². The lowest BCUT2D eigenvalue weighted by Gasteiger charge is -2.17. The minimum absolute atomic E-state index is 0.00696. The Bertz CT molecular complexity index is 1060. The smallest absolute Gasteiger partial charge is 0.243 e. The molecule has 1 aromatic carbocycles. The summed E-state index contributed by atoms with van der Waals surface area (Å²) in [7, 11) is -3.71. The molecular formula is C18H19FN4O2S. The van der Waals surface area contributed by atoms with Gasteiger partial charge in [0.2, 0.25) is 10.0 Å². The van der Waals surface area contributed by atoms with Gasteiger partial charge in [-0.1, -0.05) is 6.07 Å². The van der Waals surface area contributed by atoms with Crippen molar-refractivity contribution in [2.45, 2.75) is 30.7 Å². The summed E-state index contributed by atoms with van der Waals surface area (Å²) < 4.78 is 42.5. The van der Waals surface area contributed by atoms with Crippen LogP contribution >= 0.6 is 0 Å². The molecule has 0 aliphatic carbocycles. The van der Waals surface area contributed by atoms with E-state index in [0.717, 1.165) is 29.6 Å².